The van der Waals surface area contributed by atoms with E-state index < -0.39 is 29.2 Å². The number of carbonyl (C=O) groups is 2. The number of benzene rings is 3. The number of carbonyl (C=O) groups excluding carboxylic acids is 2. The zero-order chi connectivity index (χ0) is 27.7. The summed E-state index contributed by atoms with van der Waals surface area (Å²) in [5, 5.41) is 0.496. The highest BCUT2D eigenvalue weighted by Crippen LogP contribution is 2.25. The number of aryl methyl sites for hydroxylation is 1. The Kier molecular flexibility index (Phi) is 7.73. The third-order valence-corrected chi connectivity index (χ3v) is 6.71. The lowest BCUT2D eigenvalue weighted by molar-refractivity contribution is -0.139. The Morgan fingerprint density at radius 1 is 1.00 bits per heavy atom. The molecule has 11 heteroatoms. The van der Waals surface area contributed by atoms with Gasteiger partial charge >= 0.3 is 17.6 Å². The second kappa shape index (κ2) is 10.8. The van der Waals surface area contributed by atoms with Gasteiger partial charge in [-0.1, -0.05) is 41.4 Å². The minimum absolute atomic E-state index is 0.0411. The fourth-order valence-corrected chi connectivity index (χ4v) is 4.54. The first-order valence-electron chi connectivity index (χ1n) is 11.5. The number of esters is 2. The van der Waals surface area contributed by atoms with Gasteiger partial charge < -0.3 is 15.4 Å². The molecule has 1 heterocycles. The minimum atomic E-state index is -1.16. The zero-order valence-electron chi connectivity index (χ0n) is 20.8. The van der Waals surface area contributed by atoms with Gasteiger partial charge in [0.2, 0.25) is 0 Å². The van der Waals surface area contributed by atoms with E-state index in [0.29, 0.717) is 22.2 Å². The molecule has 3 aromatic carbocycles. The normalized spacial score (nSPS) is 11.8. The van der Waals surface area contributed by atoms with Crippen molar-refractivity contribution in [1.82, 2.24) is 9.13 Å². The molecule has 0 saturated heterocycles. The molecule has 4 aromatic rings. The first-order valence-corrected chi connectivity index (χ1v) is 12.2. The Morgan fingerprint density at radius 2 is 1.63 bits per heavy atom. The number of hydrogen-bond acceptors (Lipinski definition) is 7. The highest BCUT2D eigenvalue weighted by Gasteiger charge is 2.24. The van der Waals surface area contributed by atoms with E-state index >= 15 is 0 Å². The number of fused-ring (bicyclic) bond motifs is 1. The maximum Gasteiger partial charge on any atom is 0.348 e. The Morgan fingerprint density at radius 3 is 2.24 bits per heavy atom. The van der Waals surface area contributed by atoms with Crippen molar-refractivity contribution in [2.75, 3.05) is 19.0 Å². The standard InChI is InChI=1S/C27H24Cl2N4O5/c1-31(2)17-11-12-22-18(14-17)24(34)33(27(37)32(22)3)16-9-7-15(8-10-16)13-21(30)25(35)38-26(36)23-19(28)5-4-6-20(23)29/h4-12,14,21H,13,30H2,1-3H3/t21-/m0/s1. The Balaban J connectivity index is 1.56. The van der Waals surface area contributed by atoms with Crippen LogP contribution in [-0.2, 0) is 23.0 Å². The summed E-state index contributed by atoms with van der Waals surface area (Å²) in [4.78, 5) is 53.0. The summed E-state index contributed by atoms with van der Waals surface area (Å²) in [6, 6.07) is 15.1. The molecule has 0 bridgehead atoms. The van der Waals surface area contributed by atoms with Gasteiger partial charge in [0.05, 0.1) is 32.2 Å². The van der Waals surface area contributed by atoms with Crippen LogP contribution in [0.4, 0.5) is 5.69 Å². The van der Waals surface area contributed by atoms with Gasteiger partial charge in [-0.2, -0.15) is 0 Å². The van der Waals surface area contributed by atoms with Crippen molar-refractivity contribution >= 4 is 51.7 Å². The zero-order valence-corrected chi connectivity index (χ0v) is 22.3. The minimum Gasteiger partial charge on any atom is -0.388 e. The van der Waals surface area contributed by atoms with Crippen molar-refractivity contribution in [3.63, 3.8) is 0 Å². The van der Waals surface area contributed by atoms with Gasteiger partial charge in [0.15, 0.2) is 0 Å². The number of nitrogens with two attached hydrogens (primary N) is 1. The van der Waals surface area contributed by atoms with Gasteiger partial charge in [0.1, 0.15) is 6.04 Å². The topological polar surface area (TPSA) is 117 Å². The molecule has 1 atom stereocenters. The van der Waals surface area contributed by atoms with E-state index in [1.54, 1.807) is 49.5 Å². The fraction of sp³-hybridized carbons (Fsp3) is 0.185. The summed E-state index contributed by atoms with van der Waals surface area (Å²) in [5.41, 5.74) is 7.23. The Bertz CT molecular complexity index is 1660. The van der Waals surface area contributed by atoms with Gasteiger partial charge in [-0.15, -0.1) is 0 Å². The van der Waals surface area contributed by atoms with Crippen molar-refractivity contribution in [3.05, 3.63) is 103 Å². The van der Waals surface area contributed by atoms with E-state index in [9.17, 15) is 19.2 Å². The Hall–Kier alpha value is -3.92. The maximum absolute atomic E-state index is 13.3. The largest absolute Gasteiger partial charge is 0.388 e. The monoisotopic (exact) mass is 554 g/mol. The summed E-state index contributed by atoms with van der Waals surface area (Å²) in [7, 11) is 5.33. The molecule has 4 rings (SSSR count). The molecule has 0 fully saturated rings. The van der Waals surface area contributed by atoms with E-state index in [1.165, 1.54) is 16.7 Å². The van der Waals surface area contributed by atoms with Crippen molar-refractivity contribution in [3.8, 4) is 5.69 Å². The second-order valence-electron chi connectivity index (χ2n) is 8.86. The van der Waals surface area contributed by atoms with Crippen molar-refractivity contribution in [2.24, 2.45) is 12.8 Å². The highest BCUT2D eigenvalue weighted by molar-refractivity contribution is 6.39. The molecule has 196 valence electrons. The van der Waals surface area contributed by atoms with Crippen LogP contribution in [0.2, 0.25) is 10.0 Å². The van der Waals surface area contributed by atoms with Crippen LogP contribution >= 0.6 is 23.2 Å². The van der Waals surface area contributed by atoms with Gasteiger partial charge in [-0.3, -0.25) is 9.36 Å². The van der Waals surface area contributed by atoms with Crippen LogP contribution in [0.25, 0.3) is 16.6 Å². The first-order chi connectivity index (χ1) is 18.0. The van der Waals surface area contributed by atoms with E-state index in [1.807, 2.05) is 25.1 Å². The summed E-state index contributed by atoms with van der Waals surface area (Å²) >= 11 is 12.0. The van der Waals surface area contributed by atoms with Crippen molar-refractivity contribution in [1.29, 1.82) is 0 Å². The molecule has 0 aliphatic heterocycles. The van der Waals surface area contributed by atoms with Crippen LogP contribution in [0.5, 0.6) is 0 Å². The third-order valence-electron chi connectivity index (χ3n) is 6.08. The highest BCUT2D eigenvalue weighted by atomic mass is 35.5. The van der Waals surface area contributed by atoms with Crippen molar-refractivity contribution < 1.29 is 14.3 Å². The molecule has 0 radical (unpaired) electrons. The second-order valence-corrected chi connectivity index (χ2v) is 9.67. The summed E-state index contributed by atoms with van der Waals surface area (Å²) in [6.45, 7) is 0. The van der Waals surface area contributed by atoms with E-state index in [0.717, 1.165) is 10.3 Å². The van der Waals surface area contributed by atoms with E-state index in [2.05, 4.69) is 0 Å². The predicted molar refractivity (Wildman–Crippen MR) is 148 cm³/mol. The quantitative estimate of drug-likeness (QED) is 0.287. The van der Waals surface area contributed by atoms with Gasteiger partial charge in [0, 0.05) is 26.8 Å². The van der Waals surface area contributed by atoms with Crippen LogP contribution in [0.1, 0.15) is 15.9 Å². The summed E-state index contributed by atoms with van der Waals surface area (Å²) < 4.78 is 7.38. The maximum atomic E-state index is 13.3. The molecule has 0 saturated carbocycles. The molecular weight excluding hydrogens is 531 g/mol. The molecule has 0 spiro atoms. The van der Waals surface area contributed by atoms with E-state index in [4.69, 9.17) is 33.7 Å². The molecule has 0 amide bonds. The average Bonchev–Trinajstić information content (AvgIpc) is 2.88. The molecule has 1 aromatic heterocycles. The van der Waals surface area contributed by atoms with Crippen molar-refractivity contribution in [2.45, 2.75) is 12.5 Å². The smallest absolute Gasteiger partial charge is 0.348 e. The number of nitrogens with zero attached hydrogens (tertiary/aromatic N) is 3. The van der Waals surface area contributed by atoms with Crippen LogP contribution in [0, 0.1) is 0 Å². The fourth-order valence-electron chi connectivity index (χ4n) is 3.98. The lowest BCUT2D eigenvalue weighted by Crippen LogP contribution is -2.38. The number of hydrogen-bond donors (Lipinski definition) is 1. The van der Waals surface area contributed by atoms with Gasteiger partial charge in [0.25, 0.3) is 5.56 Å². The van der Waals surface area contributed by atoms with Crippen LogP contribution in [-0.4, -0.2) is 41.2 Å². The molecule has 0 unspecified atom stereocenters. The molecule has 9 nitrogen and oxygen atoms in total. The average molecular weight is 555 g/mol. The number of ether oxygens (including phenoxy) is 1. The molecule has 2 N–H and O–H groups in total. The molecule has 38 heavy (non-hydrogen) atoms. The lowest BCUT2D eigenvalue weighted by atomic mass is 10.1. The Labute approximate surface area is 227 Å². The molecule has 0 aliphatic carbocycles. The first kappa shape index (κ1) is 27.1. The summed E-state index contributed by atoms with van der Waals surface area (Å²) in [6.07, 6.45) is 0.0411. The summed E-state index contributed by atoms with van der Waals surface area (Å²) in [5.74, 6) is -1.95. The van der Waals surface area contributed by atoms with Crippen LogP contribution in [0.15, 0.2) is 70.3 Å². The van der Waals surface area contributed by atoms with Gasteiger partial charge in [-0.25, -0.2) is 19.0 Å². The number of rotatable bonds is 6. The van der Waals surface area contributed by atoms with Gasteiger partial charge in [-0.05, 0) is 54.4 Å². The van der Waals surface area contributed by atoms with Crippen LogP contribution in [0.3, 0.4) is 0 Å². The third kappa shape index (κ3) is 5.22. The SMILES string of the molecule is CN(C)c1ccc2c(c1)c(=O)n(-c1ccc(C[C@H](N)C(=O)OC(=O)c3c(Cl)cccc3Cl)cc1)c(=O)n2C. The van der Waals surface area contributed by atoms with Crippen LogP contribution < -0.4 is 21.9 Å². The number of anilines is 1. The number of aromatic nitrogens is 2. The molecular formula is C27H24Cl2N4O5. The predicted octanol–water partition coefficient (Wildman–Crippen LogP) is 3.32. The van der Waals surface area contributed by atoms with E-state index in [-0.39, 0.29) is 22.0 Å². The number of halogens is 2. The molecule has 0 aliphatic rings. The lowest BCUT2D eigenvalue weighted by Gasteiger charge is -2.16.